The molecule has 0 aliphatic rings. The van der Waals surface area contributed by atoms with Gasteiger partial charge in [-0.15, -0.1) is 0 Å². The first-order valence-corrected chi connectivity index (χ1v) is 8.97. The van der Waals surface area contributed by atoms with Crippen molar-refractivity contribution in [3.05, 3.63) is 35.8 Å². The van der Waals surface area contributed by atoms with Crippen LogP contribution in [0.15, 0.2) is 24.7 Å². The Bertz CT molecular complexity index is 1060. The van der Waals surface area contributed by atoms with Gasteiger partial charge in [0.1, 0.15) is 11.7 Å². The van der Waals surface area contributed by atoms with Crippen LogP contribution >= 0.6 is 0 Å². The van der Waals surface area contributed by atoms with Crippen molar-refractivity contribution in [3.63, 3.8) is 0 Å². The molecule has 0 saturated heterocycles. The van der Waals surface area contributed by atoms with Gasteiger partial charge in [-0.25, -0.2) is 15.0 Å². The van der Waals surface area contributed by atoms with Crippen LogP contribution in [0, 0.1) is 17.2 Å². The summed E-state index contributed by atoms with van der Waals surface area (Å²) in [4.78, 5) is 15.1. The van der Waals surface area contributed by atoms with Crippen molar-refractivity contribution < 1.29 is 18.3 Å². The number of aliphatic hydroxyl groups is 1. The number of hydrogen-bond acceptors (Lipinski definition) is 6. The monoisotopic (exact) mass is 404 g/mol. The molecule has 29 heavy (non-hydrogen) atoms. The first-order valence-electron chi connectivity index (χ1n) is 8.97. The number of aromatic nitrogens is 4. The molecule has 7 nitrogen and oxygen atoms in total. The second-order valence-electron chi connectivity index (χ2n) is 6.71. The van der Waals surface area contributed by atoms with Crippen LogP contribution in [0.5, 0.6) is 0 Å². The average Bonchev–Trinajstić information content (AvgIpc) is 3.13. The third kappa shape index (κ3) is 4.14. The number of nitrogens with zero attached hydrogens (tertiary/aromatic N) is 4. The van der Waals surface area contributed by atoms with E-state index in [-0.39, 0.29) is 46.8 Å². The van der Waals surface area contributed by atoms with Crippen molar-refractivity contribution in [2.75, 3.05) is 11.9 Å². The number of anilines is 1. The average molecular weight is 404 g/mol. The molecule has 3 heterocycles. The van der Waals surface area contributed by atoms with Gasteiger partial charge in [0.05, 0.1) is 35.7 Å². The minimum atomic E-state index is -4.54. The maximum absolute atomic E-state index is 13.1. The molecule has 0 spiro atoms. The molecule has 0 aliphatic heterocycles. The highest BCUT2D eigenvalue weighted by atomic mass is 19.4. The van der Waals surface area contributed by atoms with Crippen LogP contribution in [-0.2, 0) is 6.18 Å². The number of aromatic amines is 1. The van der Waals surface area contributed by atoms with Crippen molar-refractivity contribution in [1.82, 2.24) is 19.9 Å². The number of nitrogens with one attached hydrogen (secondary N) is 2. The van der Waals surface area contributed by atoms with Crippen molar-refractivity contribution in [3.8, 4) is 17.3 Å². The van der Waals surface area contributed by atoms with Crippen molar-refractivity contribution in [1.29, 1.82) is 5.26 Å². The van der Waals surface area contributed by atoms with Crippen molar-refractivity contribution in [2.24, 2.45) is 5.92 Å². The molecule has 152 valence electrons. The van der Waals surface area contributed by atoms with Crippen LogP contribution in [0.1, 0.15) is 31.4 Å². The SMILES string of the molecule is CC[C@@H](C)[C@@H](CO)Nc1ncc(C#N)c(-c2c[nH]c3ncc(C(F)(F)F)cc23)n1. The molecule has 10 heteroatoms. The summed E-state index contributed by atoms with van der Waals surface area (Å²) in [5, 5.41) is 22.2. The Morgan fingerprint density at radius 2 is 2.07 bits per heavy atom. The van der Waals surface area contributed by atoms with Gasteiger partial charge in [-0.1, -0.05) is 20.3 Å². The highest BCUT2D eigenvalue weighted by Crippen LogP contribution is 2.34. The van der Waals surface area contributed by atoms with Gasteiger partial charge in [0.25, 0.3) is 0 Å². The van der Waals surface area contributed by atoms with E-state index in [1.165, 1.54) is 12.4 Å². The minimum absolute atomic E-state index is 0.109. The van der Waals surface area contributed by atoms with Gasteiger partial charge < -0.3 is 15.4 Å². The summed E-state index contributed by atoms with van der Waals surface area (Å²) in [6, 6.07) is 2.63. The number of hydrogen-bond donors (Lipinski definition) is 3. The van der Waals surface area contributed by atoms with Crippen LogP contribution in [0.4, 0.5) is 19.1 Å². The zero-order chi connectivity index (χ0) is 21.2. The highest BCUT2D eigenvalue weighted by Gasteiger charge is 2.31. The fraction of sp³-hybridized carbons (Fsp3) is 0.368. The molecule has 0 radical (unpaired) electrons. The fourth-order valence-corrected chi connectivity index (χ4v) is 2.91. The van der Waals surface area contributed by atoms with E-state index in [0.717, 1.165) is 18.7 Å². The number of aliphatic hydroxyl groups excluding tert-OH is 1. The highest BCUT2D eigenvalue weighted by molar-refractivity contribution is 5.94. The molecule has 0 saturated carbocycles. The van der Waals surface area contributed by atoms with Gasteiger partial charge in [-0.3, -0.25) is 0 Å². The predicted octanol–water partition coefficient (Wildman–Crippen LogP) is 3.73. The smallest absolute Gasteiger partial charge is 0.394 e. The third-order valence-corrected chi connectivity index (χ3v) is 4.86. The third-order valence-electron chi connectivity index (χ3n) is 4.86. The van der Waals surface area contributed by atoms with E-state index in [0.29, 0.717) is 5.56 Å². The molecule has 3 rings (SSSR count). The number of halogens is 3. The Balaban J connectivity index is 2.09. The Kier molecular flexibility index (Phi) is 5.70. The minimum Gasteiger partial charge on any atom is -0.394 e. The van der Waals surface area contributed by atoms with Crippen LogP contribution in [0.2, 0.25) is 0 Å². The first-order chi connectivity index (χ1) is 13.8. The number of fused-ring (bicyclic) bond motifs is 1. The van der Waals surface area contributed by atoms with Gasteiger partial charge in [0, 0.05) is 23.3 Å². The molecule has 0 bridgehead atoms. The van der Waals surface area contributed by atoms with E-state index >= 15 is 0 Å². The molecule has 0 aliphatic carbocycles. The molecular formula is C19H19F3N6O. The van der Waals surface area contributed by atoms with Gasteiger partial charge in [0.15, 0.2) is 0 Å². The first kappa shape index (κ1) is 20.5. The van der Waals surface area contributed by atoms with Crippen LogP contribution in [-0.4, -0.2) is 37.7 Å². The lowest BCUT2D eigenvalue weighted by Crippen LogP contribution is -2.31. The predicted molar refractivity (Wildman–Crippen MR) is 101 cm³/mol. The standard InChI is InChI=1S/C19H19F3N6O/c1-3-10(2)15(9-29)27-18-26-6-11(5-23)16(28-18)14-8-25-17-13(14)4-12(7-24-17)19(20,21)22/h4,6-8,10,15,29H,3,9H2,1-2H3,(H,24,25)(H,26,27,28)/t10-,15-/m1/s1. The van der Waals surface area contributed by atoms with E-state index in [2.05, 4.69) is 25.3 Å². The summed E-state index contributed by atoms with van der Waals surface area (Å²) in [6.45, 7) is 3.80. The van der Waals surface area contributed by atoms with Crippen molar-refractivity contribution in [2.45, 2.75) is 32.5 Å². The zero-order valence-corrected chi connectivity index (χ0v) is 15.7. The normalized spacial score (nSPS) is 13.8. The van der Waals surface area contributed by atoms with Gasteiger partial charge in [0.2, 0.25) is 5.95 Å². The maximum Gasteiger partial charge on any atom is 0.417 e. The molecular weight excluding hydrogens is 385 g/mol. The van der Waals surface area contributed by atoms with E-state index in [4.69, 9.17) is 0 Å². The molecule has 3 N–H and O–H groups in total. The number of alkyl halides is 3. The van der Waals surface area contributed by atoms with Gasteiger partial charge in [-0.05, 0) is 12.0 Å². The van der Waals surface area contributed by atoms with Crippen LogP contribution < -0.4 is 5.32 Å². The summed E-state index contributed by atoms with van der Waals surface area (Å²) in [5.74, 6) is 0.307. The molecule has 0 fully saturated rings. The van der Waals surface area contributed by atoms with Crippen molar-refractivity contribution >= 4 is 17.0 Å². The van der Waals surface area contributed by atoms with Crippen LogP contribution in [0.3, 0.4) is 0 Å². The second kappa shape index (κ2) is 8.05. The number of rotatable bonds is 6. The van der Waals surface area contributed by atoms with Gasteiger partial charge in [-0.2, -0.15) is 18.4 Å². The summed E-state index contributed by atoms with van der Waals surface area (Å²) >= 11 is 0. The quantitative estimate of drug-likeness (QED) is 0.577. The van der Waals surface area contributed by atoms with E-state index < -0.39 is 11.7 Å². The summed E-state index contributed by atoms with van der Waals surface area (Å²) < 4.78 is 39.3. The summed E-state index contributed by atoms with van der Waals surface area (Å²) in [7, 11) is 0. The summed E-state index contributed by atoms with van der Waals surface area (Å²) in [5.41, 5.74) is -0.0485. The Hall–Kier alpha value is -3.19. The van der Waals surface area contributed by atoms with E-state index in [1.54, 1.807) is 0 Å². The lowest BCUT2D eigenvalue weighted by molar-refractivity contribution is -0.137. The number of pyridine rings is 1. The summed E-state index contributed by atoms with van der Waals surface area (Å²) in [6.07, 6.45) is -0.218. The molecule has 0 unspecified atom stereocenters. The molecule has 3 aromatic heterocycles. The lowest BCUT2D eigenvalue weighted by Gasteiger charge is -2.22. The molecule has 0 amide bonds. The molecule has 2 atom stereocenters. The van der Waals surface area contributed by atoms with E-state index in [9.17, 15) is 23.5 Å². The lowest BCUT2D eigenvalue weighted by atomic mass is 10.0. The second-order valence-corrected chi connectivity index (χ2v) is 6.71. The number of H-pyrrole nitrogens is 1. The fourth-order valence-electron chi connectivity index (χ4n) is 2.91. The molecule has 3 aromatic rings. The van der Waals surface area contributed by atoms with E-state index in [1.807, 2.05) is 19.9 Å². The largest absolute Gasteiger partial charge is 0.417 e. The Morgan fingerprint density at radius 3 is 2.69 bits per heavy atom. The molecule has 0 aromatic carbocycles. The Morgan fingerprint density at radius 1 is 1.31 bits per heavy atom. The Labute approximate surface area is 164 Å². The topological polar surface area (TPSA) is 111 Å². The zero-order valence-electron chi connectivity index (χ0n) is 15.7. The maximum atomic E-state index is 13.1. The van der Waals surface area contributed by atoms with Gasteiger partial charge >= 0.3 is 6.18 Å². The number of nitriles is 1. The van der Waals surface area contributed by atoms with Crippen LogP contribution in [0.25, 0.3) is 22.3 Å².